The summed E-state index contributed by atoms with van der Waals surface area (Å²) in [5, 5.41) is 3.25. The Kier molecular flexibility index (Phi) is 6.22. The molecule has 1 aliphatic rings. The first-order chi connectivity index (χ1) is 14.7. The number of ether oxygens (including phenoxy) is 1. The third-order valence-corrected chi connectivity index (χ3v) is 5.79. The Morgan fingerprint density at radius 1 is 1.13 bits per heavy atom. The summed E-state index contributed by atoms with van der Waals surface area (Å²) in [5.41, 5.74) is 0.671. The van der Waals surface area contributed by atoms with Crippen molar-refractivity contribution in [1.29, 1.82) is 0 Å². The maximum absolute atomic E-state index is 13.3. The Bertz CT molecular complexity index is 1060. The number of nitrogens with one attached hydrogen (secondary N) is 2. The summed E-state index contributed by atoms with van der Waals surface area (Å²) in [6.07, 6.45) is 0.305. The van der Waals surface area contributed by atoms with Gasteiger partial charge in [0.1, 0.15) is 11.2 Å². The van der Waals surface area contributed by atoms with Gasteiger partial charge < -0.3 is 15.0 Å². The minimum absolute atomic E-state index is 0.184. The van der Waals surface area contributed by atoms with Crippen LogP contribution in [0.1, 0.15) is 57.9 Å². The number of urea groups is 1. The Balaban J connectivity index is 1.89. The number of carbonyl (C=O) groups excluding carboxylic acids is 4. The predicted molar refractivity (Wildman–Crippen MR) is 114 cm³/mol. The number of aryl methyl sites for hydroxylation is 1. The lowest BCUT2D eigenvalue weighted by Crippen LogP contribution is -2.43. The lowest BCUT2D eigenvalue weighted by molar-refractivity contribution is -0.131. The normalized spacial score (nSPS) is 18.3. The summed E-state index contributed by atoms with van der Waals surface area (Å²) < 4.78 is 5.00. The van der Waals surface area contributed by atoms with Gasteiger partial charge in [-0.05, 0) is 50.5 Å². The van der Waals surface area contributed by atoms with E-state index >= 15 is 0 Å². The number of aromatic amines is 1. The van der Waals surface area contributed by atoms with Crippen LogP contribution in [0, 0.1) is 13.8 Å². The number of carbonyl (C=O) groups is 4. The van der Waals surface area contributed by atoms with Crippen molar-refractivity contribution >= 4 is 35.3 Å². The van der Waals surface area contributed by atoms with E-state index in [1.165, 1.54) is 0 Å². The van der Waals surface area contributed by atoms with Crippen LogP contribution in [0.15, 0.2) is 24.3 Å². The average molecular weight is 446 g/mol. The molecule has 1 aromatic carbocycles. The van der Waals surface area contributed by atoms with E-state index in [0.29, 0.717) is 28.3 Å². The van der Waals surface area contributed by atoms with Gasteiger partial charge in [0, 0.05) is 16.3 Å². The number of H-pyrrole nitrogens is 1. The average Bonchev–Trinajstić information content (AvgIpc) is 3.16. The maximum atomic E-state index is 13.3. The molecule has 2 heterocycles. The number of halogens is 1. The van der Waals surface area contributed by atoms with Crippen LogP contribution in [0.2, 0.25) is 5.02 Å². The number of hydrogen-bond acceptors (Lipinski definition) is 5. The number of nitrogens with zero attached hydrogens (tertiary/aromatic N) is 1. The molecule has 31 heavy (non-hydrogen) atoms. The van der Waals surface area contributed by atoms with E-state index in [-0.39, 0.29) is 17.9 Å². The highest BCUT2D eigenvalue weighted by molar-refractivity contribution is 6.30. The topological polar surface area (TPSA) is 109 Å². The van der Waals surface area contributed by atoms with Crippen LogP contribution in [-0.4, -0.2) is 46.7 Å². The van der Waals surface area contributed by atoms with Crippen LogP contribution >= 0.6 is 11.6 Å². The molecule has 0 aliphatic carbocycles. The van der Waals surface area contributed by atoms with Gasteiger partial charge in [0.05, 0.1) is 13.2 Å². The van der Waals surface area contributed by atoms with E-state index < -0.39 is 35.8 Å². The van der Waals surface area contributed by atoms with Gasteiger partial charge >= 0.3 is 12.0 Å². The van der Waals surface area contributed by atoms with E-state index in [4.69, 9.17) is 16.3 Å². The second kappa shape index (κ2) is 8.55. The van der Waals surface area contributed by atoms with Crippen molar-refractivity contribution in [2.75, 3.05) is 13.2 Å². The van der Waals surface area contributed by atoms with Crippen LogP contribution in [0.4, 0.5) is 4.79 Å². The number of ketones is 1. The molecule has 1 aliphatic heterocycles. The van der Waals surface area contributed by atoms with Crippen LogP contribution in [0.25, 0.3) is 0 Å². The SMILES string of the molecule is CCOC(=O)c1[nH]c(C)c(C(=O)CN2C(=O)NC(CC)(c3ccc(Cl)cc3)C2=O)c1C. The molecule has 0 radical (unpaired) electrons. The number of esters is 1. The summed E-state index contributed by atoms with van der Waals surface area (Å²) in [7, 11) is 0. The highest BCUT2D eigenvalue weighted by Crippen LogP contribution is 2.33. The van der Waals surface area contributed by atoms with E-state index in [0.717, 1.165) is 4.90 Å². The standard InChI is InChI=1S/C22H24ClN3O5/c1-5-22(14-7-9-15(23)10-8-14)20(29)26(21(30)25-22)11-16(27)17-12(3)18(24-13(17)4)19(28)31-6-2/h7-10,24H,5-6,11H2,1-4H3,(H,25,30). The minimum atomic E-state index is -1.26. The molecule has 3 rings (SSSR count). The molecule has 164 valence electrons. The highest BCUT2D eigenvalue weighted by atomic mass is 35.5. The third-order valence-electron chi connectivity index (χ3n) is 5.54. The molecule has 1 saturated heterocycles. The number of amides is 3. The Hall–Kier alpha value is -3.13. The number of hydrogen-bond donors (Lipinski definition) is 2. The van der Waals surface area contributed by atoms with E-state index in [1.807, 2.05) is 0 Å². The zero-order valence-corrected chi connectivity index (χ0v) is 18.6. The number of rotatable bonds is 7. The fraction of sp³-hybridized carbons (Fsp3) is 0.364. The summed E-state index contributed by atoms with van der Waals surface area (Å²) in [5.74, 6) is -1.52. The molecule has 8 nitrogen and oxygen atoms in total. The van der Waals surface area contributed by atoms with Crippen LogP contribution < -0.4 is 5.32 Å². The van der Waals surface area contributed by atoms with E-state index in [1.54, 1.807) is 52.0 Å². The number of aromatic nitrogens is 1. The number of imide groups is 1. The smallest absolute Gasteiger partial charge is 0.355 e. The van der Waals surface area contributed by atoms with Crippen molar-refractivity contribution in [2.24, 2.45) is 0 Å². The lowest BCUT2D eigenvalue weighted by atomic mass is 9.87. The lowest BCUT2D eigenvalue weighted by Gasteiger charge is -2.25. The Morgan fingerprint density at radius 2 is 1.77 bits per heavy atom. The molecular formula is C22H24ClN3O5. The predicted octanol–water partition coefficient (Wildman–Crippen LogP) is 3.50. The van der Waals surface area contributed by atoms with Gasteiger partial charge in [-0.25, -0.2) is 9.59 Å². The molecule has 0 spiro atoms. The molecule has 0 bridgehead atoms. The molecule has 0 saturated carbocycles. The maximum Gasteiger partial charge on any atom is 0.355 e. The van der Waals surface area contributed by atoms with Crippen LogP contribution in [-0.2, 0) is 15.1 Å². The quantitative estimate of drug-likeness (QED) is 0.385. The van der Waals surface area contributed by atoms with Gasteiger partial charge in [-0.15, -0.1) is 0 Å². The van der Waals surface area contributed by atoms with Crippen LogP contribution in [0.3, 0.4) is 0 Å². The Labute approximate surface area is 184 Å². The summed E-state index contributed by atoms with van der Waals surface area (Å²) >= 11 is 5.95. The Morgan fingerprint density at radius 3 is 2.35 bits per heavy atom. The fourth-order valence-corrected chi connectivity index (χ4v) is 4.07. The zero-order valence-electron chi connectivity index (χ0n) is 17.8. The van der Waals surface area contributed by atoms with E-state index in [2.05, 4.69) is 10.3 Å². The molecule has 9 heteroatoms. The van der Waals surface area contributed by atoms with Crippen LogP contribution in [0.5, 0.6) is 0 Å². The molecular weight excluding hydrogens is 422 g/mol. The summed E-state index contributed by atoms with van der Waals surface area (Å²) in [4.78, 5) is 54.9. The summed E-state index contributed by atoms with van der Waals surface area (Å²) in [6.45, 7) is 6.50. The van der Waals surface area contributed by atoms with Gasteiger partial charge in [0.2, 0.25) is 0 Å². The van der Waals surface area contributed by atoms with Crippen molar-refractivity contribution in [3.05, 3.63) is 57.4 Å². The zero-order chi connectivity index (χ0) is 22.9. The van der Waals surface area contributed by atoms with Gasteiger partial charge in [0.15, 0.2) is 5.78 Å². The van der Waals surface area contributed by atoms with Gasteiger partial charge in [-0.2, -0.15) is 0 Å². The van der Waals surface area contributed by atoms with Crippen molar-refractivity contribution in [3.8, 4) is 0 Å². The van der Waals surface area contributed by atoms with Crippen molar-refractivity contribution in [3.63, 3.8) is 0 Å². The molecule has 1 fully saturated rings. The first-order valence-electron chi connectivity index (χ1n) is 9.95. The first kappa shape index (κ1) is 22.6. The molecule has 1 unspecified atom stereocenters. The molecule has 1 aromatic heterocycles. The molecule has 1 atom stereocenters. The molecule has 2 aromatic rings. The largest absolute Gasteiger partial charge is 0.461 e. The van der Waals surface area contributed by atoms with Crippen molar-refractivity contribution in [2.45, 2.75) is 39.7 Å². The fourth-order valence-electron chi connectivity index (χ4n) is 3.94. The summed E-state index contributed by atoms with van der Waals surface area (Å²) in [6, 6.07) is 6.00. The van der Waals surface area contributed by atoms with Crippen molar-refractivity contribution < 1.29 is 23.9 Å². The number of Topliss-reactive ketones (excluding diaryl/α,β-unsaturated/α-hetero) is 1. The monoisotopic (exact) mass is 445 g/mol. The minimum Gasteiger partial charge on any atom is -0.461 e. The number of benzene rings is 1. The second-order valence-electron chi connectivity index (χ2n) is 7.36. The van der Waals surface area contributed by atoms with E-state index in [9.17, 15) is 19.2 Å². The van der Waals surface area contributed by atoms with Crippen molar-refractivity contribution in [1.82, 2.24) is 15.2 Å². The second-order valence-corrected chi connectivity index (χ2v) is 7.79. The molecule has 2 N–H and O–H groups in total. The van der Waals surface area contributed by atoms with Gasteiger partial charge in [-0.1, -0.05) is 30.7 Å². The molecule has 3 amide bonds. The first-order valence-corrected chi connectivity index (χ1v) is 10.3. The van der Waals surface area contributed by atoms with Gasteiger partial charge in [-0.3, -0.25) is 14.5 Å². The highest BCUT2D eigenvalue weighted by Gasteiger charge is 2.51. The van der Waals surface area contributed by atoms with Gasteiger partial charge in [0.25, 0.3) is 5.91 Å². The third kappa shape index (κ3) is 3.83.